The minimum Gasteiger partial charge on any atom is -0.472 e. The van der Waals surface area contributed by atoms with Gasteiger partial charge in [0.15, 0.2) is 0 Å². The van der Waals surface area contributed by atoms with Crippen LogP contribution in [0, 0.1) is 0 Å². The van der Waals surface area contributed by atoms with Crippen molar-refractivity contribution in [2.45, 2.75) is 45.2 Å². The van der Waals surface area contributed by atoms with Crippen LogP contribution in [0.5, 0.6) is 0 Å². The maximum Gasteiger partial charge on any atom is 0.0950 e. The normalized spacial score (nSPS) is 14.2. The molecule has 2 aromatic heterocycles. The maximum atomic E-state index is 5.25. The summed E-state index contributed by atoms with van der Waals surface area (Å²) in [4.78, 5) is 1.43. The van der Waals surface area contributed by atoms with Crippen LogP contribution < -0.4 is 10.6 Å². The summed E-state index contributed by atoms with van der Waals surface area (Å²) in [5.41, 5.74) is 1.25. The molecule has 0 radical (unpaired) electrons. The number of nitrogens with one attached hydrogen (secondary N) is 2. The maximum absolute atomic E-state index is 5.25. The Labute approximate surface area is 131 Å². The molecule has 2 N–H and O–H groups in total. The Morgan fingerprint density at radius 3 is 2.62 bits per heavy atom. The fourth-order valence-corrected chi connectivity index (χ4v) is 3.43. The summed E-state index contributed by atoms with van der Waals surface area (Å²) in [5.74, 6) is 0. The number of hydrogen-bond acceptors (Lipinski definition) is 4. The van der Waals surface area contributed by atoms with E-state index >= 15 is 0 Å². The molecule has 2 unspecified atom stereocenters. The average molecular weight is 306 g/mol. The molecule has 0 aliphatic heterocycles. The highest BCUT2D eigenvalue weighted by Crippen LogP contribution is 2.27. The first-order chi connectivity index (χ1) is 10.3. The van der Waals surface area contributed by atoms with Crippen molar-refractivity contribution in [1.29, 1.82) is 0 Å². The highest BCUT2D eigenvalue weighted by atomic mass is 32.1. The summed E-state index contributed by atoms with van der Waals surface area (Å²) in [5, 5.41) is 9.39. The smallest absolute Gasteiger partial charge is 0.0950 e. The largest absolute Gasteiger partial charge is 0.472 e. The van der Waals surface area contributed by atoms with Crippen LogP contribution in [0.3, 0.4) is 0 Å². The molecule has 0 fully saturated rings. The summed E-state index contributed by atoms with van der Waals surface area (Å²) in [7, 11) is 0. The van der Waals surface area contributed by atoms with Gasteiger partial charge in [0, 0.05) is 22.5 Å². The summed E-state index contributed by atoms with van der Waals surface area (Å²) < 4.78 is 5.25. The zero-order chi connectivity index (χ0) is 14.9. The molecular formula is C17H26N2OS. The standard InChI is InChI=1S/C17H26N2OS/c1-3-10-19-15(14-9-11-20-13-14)7-8-16(18-4-2)17-6-5-12-21-17/h5-6,9,11-13,15-16,18-19H,3-4,7-8,10H2,1-2H3. The van der Waals surface area contributed by atoms with Crippen LogP contribution in [0.25, 0.3) is 0 Å². The van der Waals surface area contributed by atoms with Gasteiger partial charge in [-0.3, -0.25) is 0 Å². The molecule has 3 nitrogen and oxygen atoms in total. The first-order valence-corrected chi connectivity index (χ1v) is 8.75. The Bertz CT molecular complexity index is 467. The van der Waals surface area contributed by atoms with Gasteiger partial charge in [-0.25, -0.2) is 0 Å². The fraction of sp³-hybridized carbons (Fsp3) is 0.529. The minimum atomic E-state index is 0.379. The third kappa shape index (κ3) is 4.99. The zero-order valence-electron chi connectivity index (χ0n) is 13.0. The van der Waals surface area contributed by atoms with Gasteiger partial charge < -0.3 is 15.1 Å². The van der Waals surface area contributed by atoms with Gasteiger partial charge in [-0.2, -0.15) is 0 Å². The summed E-state index contributed by atoms with van der Waals surface area (Å²) >= 11 is 1.84. The highest BCUT2D eigenvalue weighted by molar-refractivity contribution is 7.10. The Morgan fingerprint density at radius 2 is 2.00 bits per heavy atom. The van der Waals surface area contributed by atoms with Crippen LogP contribution in [0.1, 0.15) is 55.6 Å². The Hall–Kier alpha value is -1.10. The van der Waals surface area contributed by atoms with Crippen molar-refractivity contribution in [3.63, 3.8) is 0 Å². The summed E-state index contributed by atoms with van der Waals surface area (Å²) in [6.45, 7) is 6.41. The van der Waals surface area contributed by atoms with E-state index in [1.807, 2.05) is 17.6 Å². The van der Waals surface area contributed by atoms with Crippen molar-refractivity contribution in [3.05, 3.63) is 46.5 Å². The molecule has 0 saturated carbocycles. The molecule has 2 rings (SSSR count). The first kappa shape index (κ1) is 16.3. The second kappa shape index (κ2) is 9.03. The number of furan rings is 1. The van der Waals surface area contributed by atoms with Gasteiger partial charge in [-0.15, -0.1) is 11.3 Å². The molecule has 2 aromatic rings. The predicted molar refractivity (Wildman–Crippen MR) is 89.7 cm³/mol. The van der Waals surface area contributed by atoms with E-state index in [4.69, 9.17) is 4.42 Å². The molecule has 2 atom stereocenters. The minimum absolute atomic E-state index is 0.379. The number of rotatable bonds is 10. The quantitative estimate of drug-likeness (QED) is 0.678. The molecular weight excluding hydrogens is 280 g/mol. The molecule has 4 heteroatoms. The monoisotopic (exact) mass is 306 g/mol. The predicted octanol–water partition coefficient (Wildman–Crippen LogP) is 4.51. The Morgan fingerprint density at radius 1 is 1.14 bits per heavy atom. The number of hydrogen-bond donors (Lipinski definition) is 2. The third-order valence-electron chi connectivity index (χ3n) is 3.67. The number of thiophene rings is 1. The summed E-state index contributed by atoms with van der Waals surface area (Å²) in [6.07, 6.45) is 7.00. The van der Waals surface area contributed by atoms with Crippen molar-refractivity contribution in [2.24, 2.45) is 0 Å². The van der Waals surface area contributed by atoms with Gasteiger partial charge >= 0.3 is 0 Å². The molecule has 2 heterocycles. The summed E-state index contributed by atoms with van der Waals surface area (Å²) in [6, 6.07) is 7.26. The van der Waals surface area contributed by atoms with Crippen molar-refractivity contribution in [1.82, 2.24) is 10.6 Å². The zero-order valence-corrected chi connectivity index (χ0v) is 13.8. The lowest BCUT2D eigenvalue weighted by Gasteiger charge is -2.21. The molecule has 21 heavy (non-hydrogen) atoms. The van der Waals surface area contributed by atoms with Crippen molar-refractivity contribution in [2.75, 3.05) is 13.1 Å². The van der Waals surface area contributed by atoms with E-state index < -0.39 is 0 Å². The Kier molecular flexibility index (Phi) is 7.00. The molecule has 0 bridgehead atoms. The van der Waals surface area contributed by atoms with E-state index in [1.54, 1.807) is 6.26 Å². The lowest BCUT2D eigenvalue weighted by Crippen LogP contribution is -2.25. The van der Waals surface area contributed by atoms with Crippen LogP contribution in [-0.4, -0.2) is 13.1 Å². The van der Waals surface area contributed by atoms with E-state index in [1.165, 1.54) is 10.4 Å². The van der Waals surface area contributed by atoms with E-state index in [-0.39, 0.29) is 0 Å². The van der Waals surface area contributed by atoms with Gasteiger partial charge in [0.2, 0.25) is 0 Å². The third-order valence-corrected chi connectivity index (χ3v) is 4.65. The van der Waals surface area contributed by atoms with Gasteiger partial charge in [-0.05, 0) is 49.9 Å². The molecule has 0 aliphatic rings. The molecule has 0 amide bonds. The van der Waals surface area contributed by atoms with E-state index in [2.05, 4.69) is 48.1 Å². The molecule has 0 aromatic carbocycles. The van der Waals surface area contributed by atoms with E-state index in [9.17, 15) is 0 Å². The topological polar surface area (TPSA) is 37.2 Å². The second-order valence-corrected chi connectivity index (χ2v) is 6.25. The van der Waals surface area contributed by atoms with Crippen molar-refractivity contribution >= 4 is 11.3 Å². The second-order valence-electron chi connectivity index (χ2n) is 5.27. The first-order valence-electron chi connectivity index (χ1n) is 7.87. The molecule has 0 saturated heterocycles. The van der Waals surface area contributed by atoms with Gasteiger partial charge in [0.05, 0.1) is 12.5 Å². The van der Waals surface area contributed by atoms with Crippen LogP contribution in [-0.2, 0) is 0 Å². The van der Waals surface area contributed by atoms with Crippen molar-refractivity contribution in [3.8, 4) is 0 Å². The van der Waals surface area contributed by atoms with Crippen molar-refractivity contribution < 1.29 is 4.42 Å². The van der Waals surface area contributed by atoms with Crippen LogP contribution >= 0.6 is 11.3 Å². The lowest BCUT2D eigenvalue weighted by molar-refractivity contribution is 0.425. The fourth-order valence-electron chi connectivity index (χ4n) is 2.59. The van der Waals surface area contributed by atoms with Crippen LogP contribution in [0.2, 0.25) is 0 Å². The van der Waals surface area contributed by atoms with Gasteiger partial charge in [0.25, 0.3) is 0 Å². The molecule has 116 valence electrons. The van der Waals surface area contributed by atoms with Gasteiger partial charge in [0.1, 0.15) is 0 Å². The molecule has 0 spiro atoms. The van der Waals surface area contributed by atoms with Gasteiger partial charge in [-0.1, -0.05) is 19.9 Å². The van der Waals surface area contributed by atoms with Crippen LogP contribution in [0.4, 0.5) is 0 Å². The van der Waals surface area contributed by atoms with E-state index in [0.717, 1.165) is 32.4 Å². The molecule has 0 aliphatic carbocycles. The lowest BCUT2D eigenvalue weighted by atomic mass is 10.0. The SMILES string of the molecule is CCCNC(CCC(NCC)c1cccs1)c1ccoc1. The van der Waals surface area contributed by atoms with Crippen LogP contribution in [0.15, 0.2) is 40.5 Å². The van der Waals surface area contributed by atoms with E-state index in [0.29, 0.717) is 12.1 Å². The Balaban J connectivity index is 1.95. The average Bonchev–Trinajstić information content (AvgIpc) is 3.19. The highest BCUT2D eigenvalue weighted by Gasteiger charge is 2.17.